The van der Waals surface area contributed by atoms with E-state index in [1.165, 1.54) is 25.3 Å². The predicted molar refractivity (Wildman–Crippen MR) is 95.4 cm³/mol. The number of amides is 1. The van der Waals surface area contributed by atoms with Gasteiger partial charge in [-0.05, 0) is 36.6 Å². The standard InChI is InChI=1S/C20H23F2N3O2/c21-15-7-6-14(10-16(15)22)19-12-25(8-9-27-19)20(26)18-11-17(23-24-18)13-4-2-1-3-5-13/h6-7,10-11,13,19H,1-5,8-9,12H2,(H,23,24). The van der Waals surface area contributed by atoms with Crippen LogP contribution in [-0.4, -0.2) is 40.7 Å². The van der Waals surface area contributed by atoms with Crippen LogP contribution in [0.2, 0.25) is 0 Å². The molecule has 1 amide bonds. The van der Waals surface area contributed by atoms with Crippen LogP contribution in [0.25, 0.3) is 0 Å². The topological polar surface area (TPSA) is 58.2 Å². The third-order valence-corrected chi connectivity index (χ3v) is 5.53. The van der Waals surface area contributed by atoms with Crippen molar-refractivity contribution >= 4 is 5.91 Å². The van der Waals surface area contributed by atoms with Crippen LogP contribution in [0.3, 0.4) is 0 Å². The van der Waals surface area contributed by atoms with Crippen molar-refractivity contribution in [1.29, 1.82) is 0 Å². The smallest absolute Gasteiger partial charge is 0.274 e. The van der Waals surface area contributed by atoms with Gasteiger partial charge in [0.15, 0.2) is 11.6 Å². The van der Waals surface area contributed by atoms with E-state index in [0.29, 0.717) is 30.3 Å². The second-order valence-electron chi connectivity index (χ2n) is 7.33. The van der Waals surface area contributed by atoms with Gasteiger partial charge in [0.05, 0.1) is 13.2 Å². The zero-order chi connectivity index (χ0) is 18.8. The number of aromatic nitrogens is 2. The number of ether oxygens (including phenoxy) is 1. The Labute approximate surface area is 156 Å². The number of nitrogens with one attached hydrogen (secondary N) is 1. The summed E-state index contributed by atoms with van der Waals surface area (Å²) in [4.78, 5) is 14.5. The zero-order valence-corrected chi connectivity index (χ0v) is 15.1. The summed E-state index contributed by atoms with van der Waals surface area (Å²) >= 11 is 0. The number of hydrogen-bond acceptors (Lipinski definition) is 3. The number of H-pyrrole nitrogens is 1. The molecule has 0 spiro atoms. The van der Waals surface area contributed by atoms with Crippen molar-refractivity contribution < 1.29 is 18.3 Å². The van der Waals surface area contributed by atoms with E-state index >= 15 is 0 Å². The molecule has 1 aliphatic heterocycles. The number of halogens is 2. The van der Waals surface area contributed by atoms with Crippen LogP contribution in [0, 0.1) is 11.6 Å². The SMILES string of the molecule is O=C(c1cc(C2CCCCC2)[nH]n1)N1CCOC(c2ccc(F)c(F)c2)C1. The molecular formula is C20H23F2N3O2. The molecule has 1 saturated carbocycles. The first kappa shape index (κ1) is 18.1. The van der Waals surface area contributed by atoms with E-state index in [4.69, 9.17) is 4.74 Å². The van der Waals surface area contributed by atoms with Gasteiger partial charge in [0.1, 0.15) is 11.8 Å². The fraction of sp³-hybridized carbons (Fsp3) is 0.500. The van der Waals surface area contributed by atoms with E-state index in [2.05, 4.69) is 10.2 Å². The molecule has 0 radical (unpaired) electrons. The van der Waals surface area contributed by atoms with Crippen molar-refractivity contribution in [3.8, 4) is 0 Å². The van der Waals surface area contributed by atoms with Gasteiger partial charge in [-0.25, -0.2) is 8.78 Å². The second kappa shape index (κ2) is 7.76. The Kier molecular flexibility index (Phi) is 5.20. The molecular weight excluding hydrogens is 352 g/mol. The molecule has 1 saturated heterocycles. The molecule has 2 fully saturated rings. The van der Waals surface area contributed by atoms with Gasteiger partial charge >= 0.3 is 0 Å². The van der Waals surface area contributed by atoms with Gasteiger partial charge in [-0.1, -0.05) is 25.3 Å². The number of aromatic amines is 1. The van der Waals surface area contributed by atoms with E-state index < -0.39 is 17.7 Å². The molecule has 1 aliphatic carbocycles. The minimum absolute atomic E-state index is 0.163. The Morgan fingerprint density at radius 2 is 1.96 bits per heavy atom. The van der Waals surface area contributed by atoms with Gasteiger partial charge in [0, 0.05) is 18.2 Å². The van der Waals surface area contributed by atoms with Crippen molar-refractivity contribution in [2.45, 2.75) is 44.1 Å². The summed E-state index contributed by atoms with van der Waals surface area (Å²) in [7, 11) is 0. The average molecular weight is 375 g/mol. The summed E-state index contributed by atoms with van der Waals surface area (Å²) in [5.74, 6) is -1.52. The van der Waals surface area contributed by atoms with Crippen LogP contribution in [0.4, 0.5) is 8.78 Å². The van der Waals surface area contributed by atoms with Crippen molar-refractivity contribution in [3.63, 3.8) is 0 Å². The van der Waals surface area contributed by atoms with Gasteiger partial charge in [0.25, 0.3) is 5.91 Å². The highest BCUT2D eigenvalue weighted by Crippen LogP contribution is 2.32. The molecule has 7 heteroatoms. The summed E-state index contributed by atoms with van der Waals surface area (Å²) in [5, 5.41) is 7.26. The molecule has 1 atom stereocenters. The Hall–Kier alpha value is -2.28. The minimum atomic E-state index is -0.913. The molecule has 5 nitrogen and oxygen atoms in total. The van der Waals surface area contributed by atoms with Crippen LogP contribution in [0.15, 0.2) is 24.3 Å². The van der Waals surface area contributed by atoms with Crippen LogP contribution < -0.4 is 0 Å². The highest BCUT2D eigenvalue weighted by molar-refractivity contribution is 5.92. The van der Waals surface area contributed by atoms with Crippen LogP contribution in [0.1, 0.15) is 65.9 Å². The Morgan fingerprint density at radius 1 is 1.15 bits per heavy atom. The Bertz CT molecular complexity index is 817. The molecule has 2 aromatic rings. The maximum atomic E-state index is 13.5. The number of rotatable bonds is 3. The zero-order valence-electron chi connectivity index (χ0n) is 15.1. The maximum absolute atomic E-state index is 13.5. The van der Waals surface area contributed by atoms with E-state index in [1.54, 1.807) is 4.90 Å². The van der Waals surface area contributed by atoms with Gasteiger partial charge in [0.2, 0.25) is 0 Å². The van der Waals surface area contributed by atoms with Crippen molar-refractivity contribution in [2.75, 3.05) is 19.7 Å². The molecule has 1 aromatic heterocycles. The van der Waals surface area contributed by atoms with E-state index in [-0.39, 0.29) is 12.5 Å². The summed E-state index contributed by atoms with van der Waals surface area (Å²) in [6.45, 7) is 1.08. The molecule has 1 N–H and O–H groups in total. The summed E-state index contributed by atoms with van der Waals surface area (Å²) < 4.78 is 32.3. The lowest BCUT2D eigenvalue weighted by Gasteiger charge is -2.32. The number of carbonyl (C=O) groups is 1. The highest BCUT2D eigenvalue weighted by Gasteiger charge is 2.28. The summed E-state index contributed by atoms with van der Waals surface area (Å²) in [5.41, 5.74) is 1.96. The fourth-order valence-corrected chi connectivity index (χ4v) is 3.98. The lowest BCUT2D eigenvalue weighted by atomic mass is 9.87. The lowest BCUT2D eigenvalue weighted by Crippen LogP contribution is -2.42. The largest absolute Gasteiger partial charge is 0.370 e. The summed E-state index contributed by atoms with van der Waals surface area (Å²) in [6.07, 6.45) is 5.49. The van der Waals surface area contributed by atoms with Gasteiger partial charge in [-0.2, -0.15) is 5.10 Å². The first-order valence-electron chi connectivity index (χ1n) is 9.53. The molecule has 2 aliphatic rings. The molecule has 2 heterocycles. The number of hydrogen-bond donors (Lipinski definition) is 1. The Balaban J connectivity index is 1.45. The quantitative estimate of drug-likeness (QED) is 0.884. The number of nitrogens with zero attached hydrogens (tertiary/aromatic N) is 2. The highest BCUT2D eigenvalue weighted by atomic mass is 19.2. The molecule has 4 rings (SSSR count). The van der Waals surface area contributed by atoms with E-state index in [9.17, 15) is 13.6 Å². The second-order valence-corrected chi connectivity index (χ2v) is 7.33. The van der Waals surface area contributed by atoms with E-state index in [1.807, 2.05) is 6.07 Å². The molecule has 0 bridgehead atoms. The third-order valence-electron chi connectivity index (χ3n) is 5.53. The monoisotopic (exact) mass is 375 g/mol. The van der Waals surface area contributed by atoms with Crippen molar-refractivity contribution in [2.24, 2.45) is 0 Å². The number of morpholine rings is 1. The summed E-state index contributed by atoms with van der Waals surface area (Å²) in [6, 6.07) is 5.57. The molecule has 144 valence electrons. The minimum Gasteiger partial charge on any atom is -0.370 e. The first-order valence-corrected chi connectivity index (χ1v) is 9.53. The maximum Gasteiger partial charge on any atom is 0.274 e. The van der Waals surface area contributed by atoms with Crippen LogP contribution in [-0.2, 0) is 4.74 Å². The van der Waals surface area contributed by atoms with Gasteiger partial charge in [-0.3, -0.25) is 9.89 Å². The fourth-order valence-electron chi connectivity index (χ4n) is 3.98. The number of carbonyl (C=O) groups excluding carboxylic acids is 1. The van der Waals surface area contributed by atoms with Crippen molar-refractivity contribution in [1.82, 2.24) is 15.1 Å². The number of benzene rings is 1. The van der Waals surface area contributed by atoms with Gasteiger partial charge in [-0.15, -0.1) is 0 Å². The average Bonchev–Trinajstić information content (AvgIpc) is 3.20. The molecule has 27 heavy (non-hydrogen) atoms. The molecule has 1 unspecified atom stereocenters. The lowest BCUT2D eigenvalue weighted by molar-refractivity contribution is -0.0231. The predicted octanol–water partition coefficient (Wildman–Crippen LogP) is 3.95. The van der Waals surface area contributed by atoms with Crippen LogP contribution in [0.5, 0.6) is 0 Å². The molecule has 1 aromatic carbocycles. The van der Waals surface area contributed by atoms with Crippen molar-refractivity contribution in [3.05, 3.63) is 52.9 Å². The Morgan fingerprint density at radius 3 is 2.74 bits per heavy atom. The first-order chi connectivity index (χ1) is 13.1. The normalized spacial score (nSPS) is 21.4. The van der Waals surface area contributed by atoms with Gasteiger partial charge < -0.3 is 9.64 Å². The van der Waals surface area contributed by atoms with Crippen LogP contribution >= 0.6 is 0 Å². The third kappa shape index (κ3) is 3.88. The van der Waals surface area contributed by atoms with E-state index in [0.717, 1.165) is 30.7 Å².